The summed E-state index contributed by atoms with van der Waals surface area (Å²) in [6.07, 6.45) is 4.33. The molecule has 0 radical (unpaired) electrons. The summed E-state index contributed by atoms with van der Waals surface area (Å²) in [6.45, 7) is 3.82. The molecule has 0 saturated carbocycles. The third kappa shape index (κ3) is 4.62. The third-order valence-corrected chi connectivity index (χ3v) is 9.03. The fraction of sp³-hybridized carbons (Fsp3) is 0.609. The van der Waals surface area contributed by atoms with Crippen LogP contribution in [-0.4, -0.2) is 98.7 Å². The number of aryl methyl sites for hydroxylation is 2. The molecular formula is C23H32N4O5S. The number of benzene rings is 1. The summed E-state index contributed by atoms with van der Waals surface area (Å²) in [6, 6.07) is 5.72. The molecule has 5 rings (SSSR count). The number of nitrogens with zero attached hydrogens (tertiary/aromatic N) is 4. The van der Waals surface area contributed by atoms with Crippen LogP contribution in [0, 0.1) is 0 Å². The van der Waals surface area contributed by atoms with E-state index in [1.807, 2.05) is 25.2 Å². The minimum absolute atomic E-state index is 0.0588. The van der Waals surface area contributed by atoms with E-state index in [2.05, 4.69) is 4.90 Å². The maximum Gasteiger partial charge on any atom is 0.282 e. The quantitative estimate of drug-likeness (QED) is 0.647. The van der Waals surface area contributed by atoms with Crippen molar-refractivity contribution in [2.75, 3.05) is 66.0 Å². The molecule has 3 heterocycles. The summed E-state index contributed by atoms with van der Waals surface area (Å²) in [4.78, 5) is 16.5. The summed E-state index contributed by atoms with van der Waals surface area (Å²) in [5.41, 5.74) is 2.14. The van der Waals surface area contributed by atoms with Crippen LogP contribution in [0.4, 0.5) is 0 Å². The molecule has 2 fully saturated rings. The second-order valence-corrected chi connectivity index (χ2v) is 11.1. The van der Waals surface area contributed by atoms with Gasteiger partial charge in [0.2, 0.25) is 0 Å². The van der Waals surface area contributed by atoms with Gasteiger partial charge in [-0.05, 0) is 44.5 Å². The number of ether oxygens (including phenoxy) is 1. The predicted octanol–water partition coefficient (Wildman–Crippen LogP) is 1.33. The van der Waals surface area contributed by atoms with Gasteiger partial charge in [-0.15, -0.1) is 0 Å². The normalized spacial score (nSPS) is 21.3. The van der Waals surface area contributed by atoms with E-state index in [9.17, 15) is 13.2 Å². The van der Waals surface area contributed by atoms with Crippen LogP contribution in [0.25, 0.3) is 11.0 Å². The first kappa shape index (κ1) is 22.6. The monoisotopic (exact) mass is 476 g/mol. The van der Waals surface area contributed by atoms with E-state index in [4.69, 9.17) is 9.15 Å². The van der Waals surface area contributed by atoms with Crippen molar-refractivity contribution in [1.82, 2.24) is 18.4 Å². The third-order valence-electron chi connectivity index (χ3n) is 6.99. The fourth-order valence-electron chi connectivity index (χ4n) is 4.92. The molecule has 0 spiro atoms. The molecule has 1 aromatic heterocycles. The Morgan fingerprint density at radius 1 is 0.970 bits per heavy atom. The molecule has 180 valence electrons. The van der Waals surface area contributed by atoms with Gasteiger partial charge in [-0.3, -0.25) is 4.79 Å². The van der Waals surface area contributed by atoms with Crippen molar-refractivity contribution in [3.63, 3.8) is 0 Å². The average Bonchev–Trinajstić information content (AvgIpc) is 3.21. The molecule has 10 heteroatoms. The Labute approximate surface area is 195 Å². The van der Waals surface area contributed by atoms with E-state index in [1.165, 1.54) is 16.3 Å². The van der Waals surface area contributed by atoms with Gasteiger partial charge in [-0.25, -0.2) is 0 Å². The largest absolute Gasteiger partial charge is 0.484 e. The van der Waals surface area contributed by atoms with E-state index in [0.29, 0.717) is 45.0 Å². The van der Waals surface area contributed by atoms with Crippen LogP contribution in [0.2, 0.25) is 0 Å². The number of carbonyl (C=O) groups is 1. The van der Waals surface area contributed by atoms with Gasteiger partial charge in [0, 0.05) is 69.7 Å². The molecule has 0 bridgehead atoms. The van der Waals surface area contributed by atoms with Crippen LogP contribution >= 0.6 is 0 Å². The first-order chi connectivity index (χ1) is 15.9. The lowest BCUT2D eigenvalue weighted by atomic mass is 9.96. The number of amides is 1. The van der Waals surface area contributed by atoms with Crippen molar-refractivity contribution in [1.29, 1.82) is 0 Å². The van der Waals surface area contributed by atoms with Gasteiger partial charge < -0.3 is 19.0 Å². The maximum atomic E-state index is 12.9. The molecule has 33 heavy (non-hydrogen) atoms. The SMILES string of the molecule is CN1CCN(S(=O)(=O)N2CCN(C(=O)COc3ccc4oc5c(c4c3)CCCC5)CC2)CC1. The molecule has 2 saturated heterocycles. The smallest absolute Gasteiger partial charge is 0.282 e. The second kappa shape index (κ2) is 9.25. The highest BCUT2D eigenvalue weighted by Crippen LogP contribution is 2.34. The number of likely N-dealkylation sites (N-methyl/N-ethyl adjacent to an activating group) is 1. The summed E-state index contributed by atoms with van der Waals surface area (Å²) in [5, 5.41) is 1.08. The lowest BCUT2D eigenvalue weighted by molar-refractivity contribution is -0.134. The standard InChI is InChI=1S/C23H32N4O5S/c1-24-8-12-26(13-9-24)33(29,30)27-14-10-25(11-15-27)23(28)17-31-18-6-7-22-20(16-18)19-4-2-3-5-21(19)32-22/h6-7,16H,2-5,8-15,17H2,1H3. The topological polar surface area (TPSA) is 86.5 Å². The van der Waals surface area contributed by atoms with Gasteiger partial charge in [0.1, 0.15) is 17.1 Å². The van der Waals surface area contributed by atoms with E-state index < -0.39 is 10.2 Å². The Balaban J connectivity index is 1.15. The minimum atomic E-state index is -3.47. The van der Waals surface area contributed by atoms with Crippen LogP contribution in [0.1, 0.15) is 24.2 Å². The predicted molar refractivity (Wildman–Crippen MR) is 124 cm³/mol. The Morgan fingerprint density at radius 3 is 2.36 bits per heavy atom. The molecule has 0 N–H and O–H groups in total. The number of hydrogen-bond acceptors (Lipinski definition) is 6. The molecule has 2 aromatic rings. The van der Waals surface area contributed by atoms with Gasteiger partial charge in [-0.1, -0.05) is 0 Å². The van der Waals surface area contributed by atoms with Crippen molar-refractivity contribution in [2.45, 2.75) is 25.7 Å². The Kier molecular flexibility index (Phi) is 6.34. The maximum absolute atomic E-state index is 12.9. The Morgan fingerprint density at radius 2 is 1.64 bits per heavy atom. The van der Waals surface area contributed by atoms with Gasteiger partial charge in [0.25, 0.3) is 16.1 Å². The number of fused-ring (bicyclic) bond motifs is 3. The van der Waals surface area contributed by atoms with Crippen molar-refractivity contribution in [3.05, 3.63) is 29.5 Å². The fourth-order valence-corrected chi connectivity index (χ4v) is 6.49. The van der Waals surface area contributed by atoms with E-state index >= 15 is 0 Å². The van der Waals surface area contributed by atoms with Gasteiger partial charge in [-0.2, -0.15) is 17.0 Å². The highest BCUT2D eigenvalue weighted by Gasteiger charge is 2.34. The molecule has 1 amide bonds. The zero-order valence-electron chi connectivity index (χ0n) is 19.2. The first-order valence-corrected chi connectivity index (χ1v) is 13.2. The Bertz CT molecular complexity index is 1120. The molecule has 9 nitrogen and oxygen atoms in total. The lowest BCUT2D eigenvalue weighted by Crippen LogP contribution is -2.57. The minimum Gasteiger partial charge on any atom is -0.484 e. The average molecular weight is 477 g/mol. The number of furan rings is 1. The van der Waals surface area contributed by atoms with Crippen molar-refractivity contribution < 1.29 is 22.4 Å². The lowest BCUT2D eigenvalue weighted by Gasteiger charge is -2.39. The van der Waals surface area contributed by atoms with E-state index in [0.717, 1.165) is 49.1 Å². The summed E-state index contributed by atoms with van der Waals surface area (Å²) in [5.74, 6) is 1.61. The molecule has 3 aliphatic rings. The van der Waals surface area contributed by atoms with Crippen LogP contribution in [0.3, 0.4) is 0 Å². The summed E-state index contributed by atoms with van der Waals surface area (Å²) in [7, 11) is -1.48. The van der Waals surface area contributed by atoms with Crippen molar-refractivity contribution in [2.24, 2.45) is 0 Å². The van der Waals surface area contributed by atoms with Crippen molar-refractivity contribution >= 4 is 27.1 Å². The number of rotatable bonds is 5. The van der Waals surface area contributed by atoms with Gasteiger partial charge in [0.15, 0.2) is 6.61 Å². The zero-order chi connectivity index (χ0) is 23.0. The van der Waals surface area contributed by atoms with E-state index in [-0.39, 0.29) is 12.5 Å². The molecule has 0 atom stereocenters. The van der Waals surface area contributed by atoms with E-state index in [1.54, 1.807) is 9.21 Å². The number of piperazine rings is 2. The number of hydrogen-bond donors (Lipinski definition) is 0. The molecule has 2 aliphatic heterocycles. The van der Waals surface area contributed by atoms with Crippen molar-refractivity contribution in [3.8, 4) is 5.75 Å². The molecule has 0 unspecified atom stereocenters. The molecular weight excluding hydrogens is 444 g/mol. The van der Waals surface area contributed by atoms with Crippen LogP contribution in [0.5, 0.6) is 5.75 Å². The Hall–Kier alpha value is -2.14. The van der Waals surface area contributed by atoms with Gasteiger partial charge in [0.05, 0.1) is 0 Å². The van der Waals surface area contributed by atoms with Gasteiger partial charge >= 0.3 is 0 Å². The highest BCUT2D eigenvalue weighted by molar-refractivity contribution is 7.86. The summed E-state index contributed by atoms with van der Waals surface area (Å²) >= 11 is 0. The number of carbonyl (C=O) groups excluding carboxylic acids is 1. The van der Waals surface area contributed by atoms with Crippen LogP contribution in [-0.2, 0) is 27.8 Å². The van der Waals surface area contributed by atoms with Crippen LogP contribution in [0.15, 0.2) is 22.6 Å². The highest BCUT2D eigenvalue weighted by atomic mass is 32.2. The molecule has 1 aliphatic carbocycles. The zero-order valence-corrected chi connectivity index (χ0v) is 20.0. The molecule has 1 aromatic carbocycles. The summed E-state index contributed by atoms with van der Waals surface area (Å²) < 4.78 is 40.7. The second-order valence-electron chi connectivity index (χ2n) is 9.15. The first-order valence-electron chi connectivity index (χ1n) is 11.8. The van der Waals surface area contributed by atoms with Crippen LogP contribution < -0.4 is 4.74 Å².